The minimum atomic E-state index is 0.718. The highest BCUT2D eigenvalue weighted by molar-refractivity contribution is 5.63. The van der Waals surface area contributed by atoms with E-state index in [-0.39, 0.29) is 0 Å². The Hall–Kier alpha value is -2.03. The van der Waals surface area contributed by atoms with Crippen LogP contribution in [0.5, 0.6) is 5.75 Å². The van der Waals surface area contributed by atoms with Crippen molar-refractivity contribution >= 4 is 5.69 Å². The molecule has 0 saturated carbocycles. The maximum atomic E-state index is 5.69. The fraction of sp³-hybridized carbons (Fsp3) is 0.214. The van der Waals surface area contributed by atoms with Gasteiger partial charge in [0, 0.05) is 17.4 Å². The predicted octanol–water partition coefficient (Wildman–Crippen LogP) is 3.37. The Labute approximate surface area is 102 Å². The first-order valence-corrected chi connectivity index (χ1v) is 5.65. The Balaban J connectivity index is 0.000000686. The number of aromatic nitrogens is 1. The Morgan fingerprint density at radius 3 is 2.24 bits per heavy atom. The molecule has 3 heteroatoms. The Kier molecular flexibility index (Phi) is 5.01. The number of benzene rings is 1. The standard InChI is InChI=1S/C12H12N2O.C2H6/c1-15-11-4-2-9(3-5-11)12-8-10(13)6-7-14-12;1-2/h2-8H,1H3,(H2,13,14);1-2H3. The number of ether oxygens (including phenoxy) is 1. The molecule has 0 unspecified atom stereocenters. The average Bonchev–Trinajstić information content (AvgIpc) is 2.41. The van der Waals surface area contributed by atoms with E-state index in [0.717, 1.165) is 22.7 Å². The number of nitrogen functional groups attached to an aromatic ring is 1. The second kappa shape index (κ2) is 6.53. The van der Waals surface area contributed by atoms with Crippen LogP contribution in [0.1, 0.15) is 13.8 Å². The molecule has 0 saturated heterocycles. The molecular formula is C14H18N2O. The summed E-state index contributed by atoms with van der Waals surface area (Å²) < 4.78 is 5.08. The molecule has 0 aliphatic rings. The summed E-state index contributed by atoms with van der Waals surface area (Å²) in [6.45, 7) is 4.00. The van der Waals surface area contributed by atoms with Crippen molar-refractivity contribution in [2.75, 3.05) is 12.8 Å². The number of nitrogens with zero attached hydrogens (tertiary/aromatic N) is 1. The van der Waals surface area contributed by atoms with Gasteiger partial charge in [0.1, 0.15) is 5.75 Å². The molecule has 0 bridgehead atoms. The highest BCUT2D eigenvalue weighted by Crippen LogP contribution is 2.21. The maximum Gasteiger partial charge on any atom is 0.118 e. The van der Waals surface area contributed by atoms with Crippen molar-refractivity contribution in [2.45, 2.75) is 13.8 Å². The normalized spacial score (nSPS) is 9.12. The summed E-state index contributed by atoms with van der Waals surface area (Å²) in [7, 11) is 1.65. The summed E-state index contributed by atoms with van der Waals surface area (Å²) in [5.41, 5.74) is 8.31. The van der Waals surface area contributed by atoms with Gasteiger partial charge in [0.25, 0.3) is 0 Å². The van der Waals surface area contributed by atoms with E-state index < -0.39 is 0 Å². The molecule has 2 aromatic rings. The number of hydrogen-bond donors (Lipinski definition) is 1. The monoisotopic (exact) mass is 230 g/mol. The molecule has 1 heterocycles. The van der Waals surface area contributed by atoms with Crippen LogP contribution in [0.2, 0.25) is 0 Å². The van der Waals surface area contributed by atoms with E-state index in [4.69, 9.17) is 10.5 Å². The number of methoxy groups -OCH3 is 1. The van der Waals surface area contributed by atoms with Gasteiger partial charge < -0.3 is 10.5 Å². The lowest BCUT2D eigenvalue weighted by Gasteiger charge is -2.03. The summed E-state index contributed by atoms with van der Waals surface area (Å²) in [4.78, 5) is 4.24. The third-order valence-electron chi connectivity index (χ3n) is 2.17. The van der Waals surface area contributed by atoms with Gasteiger partial charge in [-0.25, -0.2) is 0 Å². The molecule has 2 rings (SSSR count). The van der Waals surface area contributed by atoms with Crippen LogP contribution < -0.4 is 10.5 Å². The van der Waals surface area contributed by atoms with Crippen molar-refractivity contribution in [3.05, 3.63) is 42.6 Å². The molecule has 2 N–H and O–H groups in total. The van der Waals surface area contributed by atoms with Crippen molar-refractivity contribution in [1.82, 2.24) is 4.98 Å². The van der Waals surface area contributed by atoms with Crippen LogP contribution in [0, 0.1) is 0 Å². The van der Waals surface area contributed by atoms with E-state index >= 15 is 0 Å². The highest BCUT2D eigenvalue weighted by atomic mass is 16.5. The smallest absolute Gasteiger partial charge is 0.118 e. The Morgan fingerprint density at radius 2 is 1.71 bits per heavy atom. The summed E-state index contributed by atoms with van der Waals surface area (Å²) in [5, 5.41) is 0. The third kappa shape index (κ3) is 3.48. The van der Waals surface area contributed by atoms with Crippen LogP contribution in [0.15, 0.2) is 42.6 Å². The van der Waals surface area contributed by atoms with Crippen LogP contribution in [0.3, 0.4) is 0 Å². The van der Waals surface area contributed by atoms with E-state index in [1.807, 2.05) is 44.2 Å². The van der Waals surface area contributed by atoms with E-state index in [1.165, 1.54) is 0 Å². The van der Waals surface area contributed by atoms with E-state index in [9.17, 15) is 0 Å². The maximum absolute atomic E-state index is 5.69. The summed E-state index contributed by atoms with van der Waals surface area (Å²) in [5.74, 6) is 0.836. The van der Waals surface area contributed by atoms with Crippen LogP contribution in [-0.4, -0.2) is 12.1 Å². The lowest BCUT2D eigenvalue weighted by Crippen LogP contribution is -1.88. The van der Waals surface area contributed by atoms with Crippen molar-refractivity contribution in [3.8, 4) is 17.0 Å². The van der Waals surface area contributed by atoms with Crippen molar-refractivity contribution in [2.24, 2.45) is 0 Å². The first kappa shape index (κ1) is 13.0. The van der Waals surface area contributed by atoms with E-state index in [0.29, 0.717) is 0 Å². The van der Waals surface area contributed by atoms with Gasteiger partial charge >= 0.3 is 0 Å². The molecule has 0 aliphatic heterocycles. The molecule has 0 aliphatic carbocycles. The number of rotatable bonds is 2. The first-order valence-electron chi connectivity index (χ1n) is 5.65. The van der Waals surface area contributed by atoms with Crippen LogP contribution >= 0.6 is 0 Å². The molecule has 0 radical (unpaired) electrons. The van der Waals surface area contributed by atoms with Gasteiger partial charge in [0.05, 0.1) is 12.8 Å². The van der Waals surface area contributed by atoms with Gasteiger partial charge in [-0.15, -0.1) is 0 Å². The van der Waals surface area contributed by atoms with E-state index in [2.05, 4.69) is 4.98 Å². The molecular weight excluding hydrogens is 212 g/mol. The Morgan fingerprint density at radius 1 is 1.06 bits per heavy atom. The second-order valence-electron chi connectivity index (χ2n) is 3.20. The lowest BCUT2D eigenvalue weighted by molar-refractivity contribution is 0.415. The zero-order valence-corrected chi connectivity index (χ0v) is 10.5. The molecule has 0 atom stereocenters. The highest BCUT2D eigenvalue weighted by Gasteiger charge is 1.99. The largest absolute Gasteiger partial charge is 0.497 e. The number of nitrogens with two attached hydrogens (primary N) is 1. The molecule has 3 nitrogen and oxygen atoms in total. The quantitative estimate of drug-likeness (QED) is 0.860. The van der Waals surface area contributed by atoms with Crippen molar-refractivity contribution < 1.29 is 4.74 Å². The van der Waals surface area contributed by atoms with Crippen LogP contribution in [0.4, 0.5) is 5.69 Å². The predicted molar refractivity (Wildman–Crippen MR) is 72.0 cm³/mol. The average molecular weight is 230 g/mol. The van der Waals surface area contributed by atoms with Crippen LogP contribution in [0.25, 0.3) is 11.3 Å². The third-order valence-corrected chi connectivity index (χ3v) is 2.17. The van der Waals surface area contributed by atoms with Gasteiger partial charge in [0.2, 0.25) is 0 Å². The SMILES string of the molecule is CC.COc1ccc(-c2cc(N)ccn2)cc1. The van der Waals surface area contributed by atoms with E-state index in [1.54, 1.807) is 19.4 Å². The zero-order valence-electron chi connectivity index (χ0n) is 10.5. The summed E-state index contributed by atoms with van der Waals surface area (Å²) in [6, 6.07) is 11.3. The van der Waals surface area contributed by atoms with Gasteiger partial charge in [-0.1, -0.05) is 13.8 Å². The molecule has 17 heavy (non-hydrogen) atoms. The number of pyridine rings is 1. The fourth-order valence-corrected chi connectivity index (χ4v) is 1.37. The molecule has 0 amide bonds. The van der Waals surface area contributed by atoms with Gasteiger partial charge in [0.15, 0.2) is 0 Å². The molecule has 1 aromatic carbocycles. The zero-order chi connectivity index (χ0) is 12.7. The topological polar surface area (TPSA) is 48.1 Å². The number of hydrogen-bond acceptors (Lipinski definition) is 3. The molecule has 90 valence electrons. The van der Waals surface area contributed by atoms with Gasteiger partial charge in [-0.2, -0.15) is 0 Å². The summed E-state index contributed by atoms with van der Waals surface area (Å²) in [6.07, 6.45) is 1.70. The minimum absolute atomic E-state index is 0.718. The minimum Gasteiger partial charge on any atom is -0.497 e. The van der Waals surface area contributed by atoms with Crippen LogP contribution in [-0.2, 0) is 0 Å². The second-order valence-corrected chi connectivity index (χ2v) is 3.20. The lowest BCUT2D eigenvalue weighted by atomic mass is 10.1. The Bertz CT molecular complexity index is 452. The molecule has 0 spiro atoms. The first-order chi connectivity index (χ1) is 8.29. The summed E-state index contributed by atoms with van der Waals surface area (Å²) >= 11 is 0. The molecule has 0 fully saturated rings. The van der Waals surface area contributed by atoms with Gasteiger partial charge in [-0.05, 0) is 36.4 Å². The molecule has 1 aromatic heterocycles. The van der Waals surface area contributed by atoms with Crippen molar-refractivity contribution in [3.63, 3.8) is 0 Å². The van der Waals surface area contributed by atoms with Gasteiger partial charge in [-0.3, -0.25) is 4.98 Å². The number of anilines is 1. The fourth-order valence-electron chi connectivity index (χ4n) is 1.37. The van der Waals surface area contributed by atoms with Crippen molar-refractivity contribution in [1.29, 1.82) is 0 Å².